The molecule has 1 aromatic carbocycles. The van der Waals surface area contributed by atoms with Gasteiger partial charge in [0.15, 0.2) is 0 Å². The monoisotopic (exact) mass is 260 g/mol. The van der Waals surface area contributed by atoms with Crippen LogP contribution in [0, 0.1) is 6.92 Å². The number of hydrogen-bond donors (Lipinski definition) is 1. The Labute approximate surface area is 111 Å². The summed E-state index contributed by atoms with van der Waals surface area (Å²) in [6.07, 6.45) is 1.59. The summed E-state index contributed by atoms with van der Waals surface area (Å²) in [6.45, 7) is 1.83. The van der Waals surface area contributed by atoms with Crippen LogP contribution in [-0.4, -0.2) is 18.8 Å². The van der Waals surface area contributed by atoms with E-state index in [4.69, 9.17) is 15.2 Å². The number of nitrogens with two attached hydrogens (primary N) is 1. The molecule has 0 aliphatic heterocycles. The summed E-state index contributed by atoms with van der Waals surface area (Å²) in [7, 11) is 3.19. The van der Waals surface area contributed by atoms with Crippen LogP contribution >= 0.6 is 0 Å². The molecule has 0 bridgehead atoms. The van der Waals surface area contributed by atoms with Gasteiger partial charge in [0.1, 0.15) is 11.5 Å². The van der Waals surface area contributed by atoms with Gasteiger partial charge in [-0.2, -0.15) is 0 Å². The molecule has 0 saturated heterocycles. The summed E-state index contributed by atoms with van der Waals surface area (Å²) in [5, 5.41) is 0. The van der Waals surface area contributed by atoms with Crippen molar-refractivity contribution in [2.24, 2.45) is 0 Å². The number of ether oxygens (including phenoxy) is 2. The third kappa shape index (κ3) is 2.40. The molecule has 2 N–H and O–H groups in total. The molecular formula is C14H16N2O3. The van der Waals surface area contributed by atoms with Gasteiger partial charge in [0.05, 0.1) is 25.6 Å². The molecule has 19 heavy (non-hydrogen) atoms. The van der Waals surface area contributed by atoms with Crippen LogP contribution in [0.1, 0.15) is 5.69 Å². The van der Waals surface area contributed by atoms with E-state index in [-0.39, 0.29) is 11.1 Å². The SMILES string of the molecule is COc1ccc(OC)c(-n2cc(N)c(=O)cc2C)c1. The van der Waals surface area contributed by atoms with Crippen LogP contribution in [0.25, 0.3) is 5.69 Å². The first kappa shape index (κ1) is 13.0. The molecule has 100 valence electrons. The second-order valence-corrected chi connectivity index (χ2v) is 4.14. The molecular weight excluding hydrogens is 244 g/mol. The number of benzene rings is 1. The third-order valence-electron chi connectivity index (χ3n) is 2.92. The zero-order valence-electron chi connectivity index (χ0n) is 11.1. The van der Waals surface area contributed by atoms with Crippen LogP contribution in [0.3, 0.4) is 0 Å². The van der Waals surface area contributed by atoms with Crippen molar-refractivity contribution in [2.75, 3.05) is 20.0 Å². The minimum atomic E-state index is -0.185. The normalized spacial score (nSPS) is 10.3. The summed E-state index contributed by atoms with van der Waals surface area (Å²) in [5.41, 5.74) is 7.23. The van der Waals surface area contributed by atoms with E-state index in [2.05, 4.69) is 0 Å². The van der Waals surface area contributed by atoms with Gasteiger partial charge in [0, 0.05) is 24.0 Å². The highest BCUT2D eigenvalue weighted by molar-refractivity contribution is 5.54. The van der Waals surface area contributed by atoms with E-state index in [1.165, 1.54) is 6.07 Å². The zero-order chi connectivity index (χ0) is 14.0. The lowest BCUT2D eigenvalue weighted by Gasteiger charge is -2.16. The number of rotatable bonds is 3. The standard InChI is InChI=1S/C14H16N2O3/c1-9-6-13(17)11(15)8-16(9)12-7-10(18-2)4-5-14(12)19-3/h4-8H,15H2,1-3H3. The molecule has 0 saturated carbocycles. The molecule has 2 rings (SSSR count). The van der Waals surface area contributed by atoms with E-state index < -0.39 is 0 Å². The number of pyridine rings is 1. The van der Waals surface area contributed by atoms with E-state index in [9.17, 15) is 4.79 Å². The topological polar surface area (TPSA) is 66.5 Å². The molecule has 0 aliphatic carbocycles. The number of hydrogen-bond acceptors (Lipinski definition) is 4. The van der Waals surface area contributed by atoms with Gasteiger partial charge in [0.2, 0.25) is 5.43 Å². The Morgan fingerprint density at radius 3 is 2.53 bits per heavy atom. The van der Waals surface area contributed by atoms with Crippen molar-refractivity contribution < 1.29 is 9.47 Å². The predicted molar refractivity (Wildman–Crippen MR) is 74.3 cm³/mol. The van der Waals surface area contributed by atoms with E-state index in [1.54, 1.807) is 25.0 Å². The Morgan fingerprint density at radius 1 is 1.16 bits per heavy atom. The molecule has 0 spiro atoms. The van der Waals surface area contributed by atoms with E-state index in [0.717, 1.165) is 11.4 Å². The largest absolute Gasteiger partial charge is 0.497 e. The Morgan fingerprint density at radius 2 is 1.89 bits per heavy atom. The molecule has 0 radical (unpaired) electrons. The van der Waals surface area contributed by atoms with Crippen molar-refractivity contribution in [3.63, 3.8) is 0 Å². The number of aryl methyl sites for hydroxylation is 1. The number of nitrogens with zero attached hydrogens (tertiary/aromatic N) is 1. The summed E-state index contributed by atoms with van der Waals surface area (Å²) in [5.74, 6) is 1.37. The highest BCUT2D eigenvalue weighted by Crippen LogP contribution is 2.28. The first-order valence-corrected chi connectivity index (χ1v) is 5.78. The fourth-order valence-electron chi connectivity index (χ4n) is 1.89. The Hall–Kier alpha value is -2.43. The lowest BCUT2D eigenvalue weighted by molar-refractivity contribution is 0.401. The Balaban J connectivity index is 2.69. The molecule has 0 aliphatic rings. The van der Waals surface area contributed by atoms with Crippen LogP contribution in [0.4, 0.5) is 5.69 Å². The molecule has 0 unspecified atom stereocenters. The van der Waals surface area contributed by atoms with Crippen molar-refractivity contribution in [3.8, 4) is 17.2 Å². The van der Waals surface area contributed by atoms with Crippen molar-refractivity contribution in [1.29, 1.82) is 0 Å². The molecule has 5 nitrogen and oxygen atoms in total. The van der Waals surface area contributed by atoms with Crippen LogP contribution in [0.5, 0.6) is 11.5 Å². The van der Waals surface area contributed by atoms with E-state index >= 15 is 0 Å². The van der Waals surface area contributed by atoms with E-state index in [0.29, 0.717) is 11.5 Å². The zero-order valence-corrected chi connectivity index (χ0v) is 11.1. The minimum absolute atomic E-state index is 0.185. The van der Waals surface area contributed by atoms with Crippen LogP contribution in [0.15, 0.2) is 35.3 Å². The van der Waals surface area contributed by atoms with Crippen molar-refractivity contribution in [3.05, 3.63) is 46.4 Å². The molecule has 5 heteroatoms. The molecule has 0 fully saturated rings. The van der Waals surface area contributed by atoms with Gasteiger partial charge in [-0.1, -0.05) is 0 Å². The Bertz CT molecular complexity index is 662. The van der Waals surface area contributed by atoms with Gasteiger partial charge in [-0.05, 0) is 19.1 Å². The molecule has 1 aromatic heterocycles. The van der Waals surface area contributed by atoms with Crippen LogP contribution in [0.2, 0.25) is 0 Å². The second-order valence-electron chi connectivity index (χ2n) is 4.14. The van der Waals surface area contributed by atoms with Gasteiger partial charge in [0.25, 0.3) is 0 Å². The van der Waals surface area contributed by atoms with Gasteiger partial charge >= 0.3 is 0 Å². The van der Waals surface area contributed by atoms with E-state index in [1.807, 2.05) is 25.1 Å². The second kappa shape index (κ2) is 5.06. The maximum atomic E-state index is 11.5. The van der Waals surface area contributed by atoms with Gasteiger partial charge < -0.3 is 19.8 Å². The van der Waals surface area contributed by atoms with Crippen molar-refractivity contribution in [1.82, 2.24) is 4.57 Å². The molecule has 0 atom stereocenters. The lowest BCUT2D eigenvalue weighted by atomic mass is 10.2. The number of anilines is 1. The molecule has 1 heterocycles. The smallest absolute Gasteiger partial charge is 0.204 e. The number of aromatic nitrogens is 1. The fraction of sp³-hybridized carbons (Fsp3) is 0.214. The summed E-state index contributed by atoms with van der Waals surface area (Å²) in [4.78, 5) is 11.5. The minimum Gasteiger partial charge on any atom is -0.497 e. The average molecular weight is 260 g/mol. The lowest BCUT2D eigenvalue weighted by Crippen LogP contribution is -2.13. The number of methoxy groups -OCH3 is 2. The molecule has 0 amide bonds. The molecule has 2 aromatic rings. The number of nitrogen functional groups attached to an aromatic ring is 1. The summed E-state index contributed by atoms with van der Waals surface area (Å²) < 4.78 is 12.3. The maximum Gasteiger partial charge on any atom is 0.204 e. The first-order chi connectivity index (χ1) is 9.06. The van der Waals surface area contributed by atoms with Gasteiger partial charge in [-0.25, -0.2) is 0 Å². The summed E-state index contributed by atoms with van der Waals surface area (Å²) >= 11 is 0. The van der Waals surface area contributed by atoms with Crippen LogP contribution < -0.4 is 20.6 Å². The fourth-order valence-corrected chi connectivity index (χ4v) is 1.89. The third-order valence-corrected chi connectivity index (χ3v) is 2.92. The van der Waals surface area contributed by atoms with Gasteiger partial charge in [-0.3, -0.25) is 4.79 Å². The highest BCUT2D eigenvalue weighted by Gasteiger charge is 2.10. The van der Waals surface area contributed by atoms with Crippen molar-refractivity contribution >= 4 is 5.69 Å². The Kier molecular flexibility index (Phi) is 3.46. The van der Waals surface area contributed by atoms with Crippen LogP contribution in [-0.2, 0) is 0 Å². The summed E-state index contributed by atoms with van der Waals surface area (Å²) in [6, 6.07) is 6.94. The first-order valence-electron chi connectivity index (χ1n) is 5.78. The average Bonchev–Trinajstić information content (AvgIpc) is 2.42. The maximum absolute atomic E-state index is 11.5. The van der Waals surface area contributed by atoms with Crippen molar-refractivity contribution in [2.45, 2.75) is 6.92 Å². The highest BCUT2D eigenvalue weighted by atomic mass is 16.5. The predicted octanol–water partition coefficient (Wildman–Crippen LogP) is 1.75. The van der Waals surface area contributed by atoms with Gasteiger partial charge in [-0.15, -0.1) is 0 Å². The quantitative estimate of drug-likeness (QED) is 0.913.